The van der Waals surface area contributed by atoms with Gasteiger partial charge in [-0.1, -0.05) is 37.5 Å². The van der Waals surface area contributed by atoms with Gasteiger partial charge in [0.05, 0.1) is 6.54 Å². The molecule has 0 spiro atoms. The number of carbonyl (C=O) groups is 1. The molecule has 0 saturated heterocycles. The Morgan fingerprint density at radius 3 is 2.74 bits per heavy atom. The van der Waals surface area contributed by atoms with Crippen LogP contribution < -0.4 is 4.90 Å². The third-order valence-electron chi connectivity index (χ3n) is 4.61. The van der Waals surface area contributed by atoms with Crippen molar-refractivity contribution in [1.29, 1.82) is 0 Å². The Hall–Kier alpha value is -1.31. The Morgan fingerprint density at radius 2 is 1.89 bits per heavy atom. The summed E-state index contributed by atoms with van der Waals surface area (Å²) in [4.78, 5) is 14.7. The van der Waals surface area contributed by atoms with Crippen molar-refractivity contribution in [3.05, 3.63) is 29.8 Å². The van der Waals surface area contributed by atoms with Gasteiger partial charge in [-0.3, -0.25) is 4.79 Å². The van der Waals surface area contributed by atoms with Crippen molar-refractivity contribution < 1.29 is 4.79 Å². The molecule has 19 heavy (non-hydrogen) atoms. The topological polar surface area (TPSA) is 20.3 Å². The van der Waals surface area contributed by atoms with Gasteiger partial charge in [0.25, 0.3) is 0 Å². The number of hydrogen-bond acceptors (Lipinski definition) is 2. The first kappa shape index (κ1) is 12.7. The van der Waals surface area contributed by atoms with E-state index in [2.05, 4.69) is 29.2 Å². The summed E-state index contributed by atoms with van der Waals surface area (Å²) in [5.74, 6) is 0.805. The lowest BCUT2D eigenvalue weighted by Gasteiger charge is -2.32. The van der Waals surface area contributed by atoms with Crippen LogP contribution in [0.2, 0.25) is 0 Å². The van der Waals surface area contributed by atoms with E-state index in [0.717, 1.165) is 25.8 Å². The van der Waals surface area contributed by atoms with E-state index in [1.165, 1.54) is 36.9 Å². The van der Waals surface area contributed by atoms with Gasteiger partial charge in [-0.2, -0.15) is 0 Å². The standard InChI is InChI=1S/C17H23NO/c19-17(15-8-2-1-3-9-15)13-18-12-6-10-14-7-4-5-11-16(14)18/h4-5,7,11,15H,1-3,6,8-10,12-13H2. The summed E-state index contributed by atoms with van der Waals surface area (Å²) in [5, 5.41) is 0. The molecule has 1 heterocycles. The van der Waals surface area contributed by atoms with E-state index in [-0.39, 0.29) is 0 Å². The summed E-state index contributed by atoms with van der Waals surface area (Å²) in [7, 11) is 0. The summed E-state index contributed by atoms with van der Waals surface area (Å²) in [5.41, 5.74) is 2.70. The fraction of sp³-hybridized carbons (Fsp3) is 0.588. The minimum absolute atomic E-state index is 0.336. The Balaban J connectivity index is 1.68. The van der Waals surface area contributed by atoms with Crippen molar-refractivity contribution in [2.75, 3.05) is 18.0 Å². The number of fused-ring (bicyclic) bond motifs is 1. The SMILES string of the molecule is O=C(CN1CCCc2ccccc21)C1CCCCC1. The average Bonchev–Trinajstić information content (AvgIpc) is 2.48. The highest BCUT2D eigenvalue weighted by molar-refractivity contribution is 5.86. The molecule has 1 aliphatic heterocycles. The van der Waals surface area contributed by atoms with Gasteiger partial charge in [0.2, 0.25) is 0 Å². The molecule has 2 heteroatoms. The lowest BCUT2D eigenvalue weighted by atomic mass is 9.86. The number of para-hydroxylation sites is 1. The second-order valence-electron chi connectivity index (χ2n) is 5.96. The predicted molar refractivity (Wildman–Crippen MR) is 78.6 cm³/mol. The molecular formula is C17H23NO. The zero-order chi connectivity index (χ0) is 13.1. The normalized spacial score (nSPS) is 20.1. The lowest BCUT2D eigenvalue weighted by Crippen LogP contribution is -2.37. The minimum atomic E-state index is 0.336. The van der Waals surface area contributed by atoms with E-state index in [4.69, 9.17) is 0 Å². The zero-order valence-corrected chi connectivity index (χ0v) is 11.6. The number of Topliss-reactive ketones (excluding diaryl/α,β-unsaturated/α-hetero) is 1. The van der Waals surface area contributed by atoms with Crippen LogP contribution in [0.25, 0.3) is 0 Å². The van der Waals surface area contributed by atoms with Crippen LogP contribution in [-0.4, -0.2) is 18.9 Å². The molecule has 0 aromatic heterocycles. The Morgan fingerprint density at radius 1 is 1.11 bits per heavy atom. The van der Waals surface area contributed by atoms with Gasteiger partial charge in [-0.05, 0) is 37.3 Å². The second kappa shape index (κ2) is 5.77. The molecule has 3 rings (SSSR count). The first-order chi connectivity index (χ1) is 9.34. The highest BCUT2D eigenvalue weighted by Gasteiger charge is 2.25. The minimum Gasteiger partial charge on any atom is -0.364 e. The number of nitrogens with zero attached hydrogens (tertiary/aromatic N) is 1. The van der Waals surface area contributed by atoms with Crippen molar-refractivity contribution in [2.45, 2.75) is 44.9 Å². The molecule has 1 aromatic carbocycles. The maximum atomic E-state index is 12.4. The monoisotopic (exact) mass is 257 g/mol. The molecule has 102 valence electrons. The van der Waals surface area contributed by atoms with Crippen molar-refractivity contribution in [1.82, 2.24) is 0 Å². The molecule has 0 unspecified atom stereocenters. The molecule has 0 atom stereocenters. The molecule has 0 N–H and O–H groups in total. The highest BCUT2D eigenvalue weighted by atomic mass is 16.1. The second-order valence-corrected chi connectivity index (χ2v) is 5.96. The van der Waals surface area contributed by atoms with Crippen LogP contribution in [0.1, 0.15) is 44.1 Å². The first-order valence-electron chi connectivity index (χ1n) is 7.70. The molecule has 1 aliphatic carbocycles. The largest absolute Gasteiger partial charge is 0.364 e. The van der Waals surface area contributed by atoms with E-state index in [1.54, 1.807) is 0 Å². The van der Waals surface area contributed by atoms with Crippen LogP contribution in [0.5, 0.6) is 0 Å². The number of hydrogen-bond donors (Lipinski definition) is 0. The lowest BCUT2D eigenvalue weighted by molar-refractivity contribution is -0.122. The summed E-state index contributed by atoms with van der Waals surface area (Å²) in [6, 6.07) is 8.56. The third-order valence-corrected chi connectivity index (χ3v) is 4.61. The summed E-state index contributed by atoms with van der Waals surface area (Å²) in [6.07, 6.45) is 8.37. The van der Waals surface area contributed by atoms with Gasteiger partial charge in [0.1, 0.15) is 0 Å². The number of ketones is 1. The fourth-order valence-corrected chi connectivity index (χ4v) is 3.52. The predicted octanol–water partition coefficient (Wildman–Crippen LogP) is 3.59. The number of benzene rings is 1. The van der Waals surface area contributed by atoms with Gasteiger partial charge in [0.15, 0.2) is 5.78 Å². The fourth-order valence-electron chi connectivity index (χ4n) is 3.52. The van der Waals surface area contributed by atoms with Gasteiger partial charge in [-0.25, -0.2) is 0 Å². The summed E-state index contributed by atoms with van der Waals surface area (Å²) in [6.45, 7) is 1.66. The molecule has 0 bridgehead atoms. The van der Waals surface area contributed by atoms with Gasteiger partial charge in [0, 0.05) is 18.2 Å². The summed E-state index contributed by atoms with van der Waals surface area (Å²) >= 11 is 0. The Labute approximate surface area is 115 Å². The van der Waals surface area contributed by atoms with Crippen molar-refractivity contribution in [3.63, 3.8) is 0 Å². The molecule has 1 saturated carbocycles. The third kappa shape index (κ3) is 2.83. The number of rotatable bonds is 3. The number of anilines is 1. The molecule has 1 aromatic rings. The quantitative estimate of drug-likeness (QED) is 0.824. The maximum Gasteiger partial charge on any atom is 0.155 e. The zero-order valence-electron chi connectivity index (χ0n) is 11.6. The molecule has 0 amide bonds. The average molecular weight is 257 g/mol. The highest BCUT2D eigenvalue weighted by Crippen LogP contribution is 2.29. The van der Waals surface area contributed by atoms with Gasteiger partial charge >= 0.3 is 0 Å². The summed E-state index contributed by atoms with van der Waals surface area (Å²) < 4.78 is 0. The molecule has 0 radical (unpaired) electrons. The van der Waals surface area contributed by atoms with E-state index in [9.17, 15) is 4.79 Å². The van der Waals surface area contributed by atoms with Gasteiger partial charge < -0.3 is 4.90 Å². The van der Waals surface area contributed by atoms with Crippen molar-refractivity contribution in [3.8, 4) is 0 Å². The molecule has 2 aliphatic rings. The molecule has 1 fully saturated rings. The van der Waals surface area contributed by atoms with Gasteiger partial charge in [-0.15, -0.1) is 0 Å². The smallest absolute Gasteiger partial charge is 0.155 e. The van der Waals surface area contributed by atoms with Crippen LogP contribution in [-0.2, 0) is 11.2 Å². The van der Waals surface area contributed by atoms with E-state index in [1.807, 2.05) is 0 Å². The Kier molecular flexibility index (Phi) is 3.86. The number of carbonyl (C=O) groups excluding carboxylic acids is 1. The number of aryl methyl sites for hydroxylation is 1. The van der Waals surface area contributed by atoms with Crippen LogP contribution >= 0.6 is 0 Å². The maximum absolute atomic E-state index is 12.4. The first-order valence-corrected chi connectivity index (χ1v) is 7.70. The van der Waals surface area contributed by atoms with Crippen LogP contribution in [0.4, 0.5) is 5.69 Å². The van der Waals surface area contributed by atoms with Crippen LogP contribution in [0.3, 0.4) is 0 Å². The van der Waals surface area contributed by atoms with Crippen LogP contribution in [0, 0.1) is 5.92 Å². The van der Waals surface area contributed by atoms with Crippen LogP contribution in [0.15, 0.2) is 24.3 Å². The van der Waals surface area contributed by atoms with Crippen molar-refractivity contribution in [2.24, 2.45) is 5.92 Å². The Bertz CT molecular complexity index is 448. The van der Waals surface area contributed by atoms with E-state index >= 15 is 0 Å². The van der Waals surface area contributed by atoms with E-state index < -0.39 is 0 Å². The molecule has 2 nitrogen and oxygen atoms in total. The van der Waals surface area contributed by atoms with Crippen molar-refractivity contribution >= 4 is 11.5 Å². The molecular weight excluding hydrogens is 234 g/mol. The van der Waals surface area contributed by atoms with E-state index in [0.29, 0.717) is 18.2 Å².